The molecule has 2 aromatic carbocycles. The summed E-state index contributed by atoms with van der Waals surface area (Å²) < 4.78 is 0. The summed E-state index contributed by atoms with van der Waals surface area (Å²) >= 11 is 0. The molecule has 0 aliphatic rings. The minimum Gasteiger partial charge on any atom is -0.245 e. The van der Waals surface area contributed by atoms with Crippen LogP contribution in [0.15, 0.2) is 61.1 Å². The quantitative estimate of drug-likeness (QED) is 0.610. The Kier molecular flexibility index (Phi) is 2.11. The number of hydrogen-bond acceptors (Lipinski definition) is 2. The average molecular weight is 206 g/mol. The van der Waals surface area contributed by atoms with Gasteiger partial charge in [0.15, 0.2) is 0 Å². The number of rotatable bonds is 1. The van der Waals surface area contributed by atoms with Crippen LogP contribution in [0.1, 0.15) is 0 Å². The predicted octanol–water partition coefficient (Wildman–Crippen LogP) is 3.30. The Balaban J connectivity index is 2.19. The lowest BCUT2D eigenvalue weighted by Gasteiger charge is -2.02. The van der Waals surface area contributed by atoms with Crippen LogP contribution in [0.5, 0.6) is 0 Å². The van der Waals surface area contributed by atoms with Gasteiger partial charge in [-0.1, -0.05) is 36.4 Å². The Morgan fingerprint density at radius 2 is 1.69 bits per heavy atom. The standard InChI is InChI=1S/C14H10N2/c1-2-4-12-9-13(6-5-11(12)3-1)14-7-8-15-10-16-14/h1-10H. The van der Waals surface area contributed by atoms with E-state index in [1.807, 2.05) is 18.2 Å². The van der Waals surface area contributed by atoms with Gasteiger partial charge in [-0.05, 0) is 22.9 Å². The molecule has 2 heteroatoms. The molecule has 0 saturated heterocycles. The molecule has 0 amide bonds. The third-order valence-corrected chi connectivity index (χ3v) is 2.63. The lowest BCUT2D eigenvalue weighted by molar-refractivity contribution is 1.17. The van der Waals surface area contributed by atoms with Crippen molar-refractivity contribution >= 4 is 10.8 Å². The van der Waals surface area contributed by atoms with Crippen molar-refractivity contribution in [2.75, 3.05) is 0 Å². The summed E-state index contributed by atoms with van der Waals surface area (Å²) in [4.78, 5) is 8.17. The number of hydrogen-bond donors (Lipinski definition) is 0. The normalized spacial score (nSPS) is 10.5. The van der Waals surface area contributed by atoms with Crippen LogP contribution in [0.2, 0.25) is 0 Å². The van der Waals surface area contributed by atoms with Crippen molar-refractivity contribution in [2.45, 2.75) is 0 Å². The fraction of sp³-hybridized carbons (Fsp3) is 0. The van der Waals surface area contributed by atoms with Crippen LogP contribution in [0.25, 0.3) is 22.0 Å². The van der Waals surface area contributed by atoms with Crippen molar-refractivity contribution in [2.24, 2.45) is 0 Å². The molecular weight excluding hydrogens is 196 g/mol. The van der Waals surface area contributed by atoms with Gasteiger partial charge in [0.2, 0.25) is 0 Å². The third kappa shape index (κ3) is 1.54. The first-order valence-electron chi connectivity index (χ1n) is 5.19. The second kappa shape index (κ2) is 3.74. The highest BCUT2D eigenvalue weighted by molar-refractivity contribution is 5.86. The van der Waals surface area contributed by atoms with E-state index in [0.717, 1.165) is 11.3 Å². The summed E-state index contributed by atoms with van der Waals surface area (Å²) in [6.45, 7) is 0. The molecule has 0 unspecified atom stereocenters. The van der Waals surface area contributed by atoms with Gasteiger partial charge in [-0.2, -0.15) is 0 Å². The van der Waals surface area contributed by atoms with Gasteiger partial charge in [-0.15, -0.1) is 0 Å². The van der Waals surface area contributed by atoms with Crippen molar-refractivity contribution in [3.8, 4) is 11.3 Å². The summed E-state index contributed by atoms with van der Waals surface area (Å²) in [5.41, 5.74) is 2.09. The molecule has 0 fully saturated rings. The molecule has 0 spiro atoms. The number of nitrogens with zero attached hydrogens (tertiary/aromatic N) is 2. The maximum Gasteiger partial charge on any atom is 0.116 e. The smallest absolute Gasteiger partial charge is 0.116 e. The van der Waals surface area contributed by atoms with E-state index in [2.05, 4.69) is 40.3 Å². The molecule has 1 heterocycles. The largest absolute Gasteiger partial charge is 0.245 e. The van der Waals surface area contributed by atoms with E-state index in [-0.39, 0.29) is 0 Å². The van der Waals surface area contributed by atoms with E-state index in [1.54, 1.807) is 12.5 Å². The molecule has 0 aliphatic carbocycles. The summed E-state index contributed by atoms with van der Waals surface area (Å²) in [6, 6.07) is 16.6. The molecule has 0 radical (unpaired) electrons. The maximum absolute atomic E-state index is 4.24. The molecule has 0 bridgehead atoms. The minimum atomic E-state index is 0.959. The first-order chi connectivity index (χ1) is 7.93. The van der Waals surface area contributed by atoms with Crippen molar-refractivity contribution in [3.05, 3.63) is 61.1 Å². The van der Waals surface area contributed by atoms with Gasteiger partial charge in [0.25, 0.3) is 0 Å². The molecule has 1 aromatic heterocycles. The first-order valence-corrected chi connectivity index (χ1v) is 5.19. The first kappa shape index (κ1) is 9.04. The SMILES string of the molecule is c1ccc2cc(-c3ccncn3)ccc2c1. The Hall–Kier alpha value is -2.22. The van der Waals surface area contributed by atoms with Crippen LogP contribution in [0.4, 0.5) is 0 Å². The summed E-state index contributed by atoms with van der Waals surface area (Å²) in [6.07, 6.45) is 3.34. The van der Waals surface area contributed by atoms with E-state index in [1.165, 1.54) is 10.8 Å². The van der Waals surface area contributed by atoms with E-state index in [0.29, 0.717) is 0 Å². The summed E-state index contributed by atoms with van der Waals surface area (Å²) in [7, 11) is 0. The van der Waals surface area contributed by atoms with E-state index < -0.39 is 0 Å². The highest BCUT2D eigenvalue weighted by Gasteiger charge is 1.99. The lowest BCUT2D eigenvalue weighted by Crippen LogP contribution is -1.83. The van der Waals surface area contributed by atoms with Crippen LogP contribution in [-0.2, 0) is 0 Å². The molecule has 0 N–H and O–H groups in total. The summed E-state index contributed by atoms with van der Waals surface area (Å²) in [5, 5.41) is 2.49. The van der Waals surface area contributed by atoms with Gasteiger partial charge in [-0.3, -0.25) is 0 Å². The van der Waals surface area contributed by atoms with E-state index in [4.69, 9.17) is 0 Å². The van der Waals surface area contributed by atoms with Gasteiger partial charge in [0, 0.05) is 11.8 Å². The molecule has 76 valence electrons. The highest BCUT2D eigenvalue weighted by atomic mass is 14.8. The van der Waals surface area contributed by atoms with Gasteiger partial charge < -0.3 is 0 Å². The van der Waals surface area contributed by atoms with Crippen molar-refractivity contribution in [1.29, 1.82) is 0 Å². The monoisotopic (exact) mass is 206 g/mol. The third-order valence-electron chi connectivity index (χ3n) is 2.63. The molecule has 0 saturated carbocycles. The molecule has 3 aromatic rings. The van der Waals surface area contributed by atoms with E-state index >= 15 is 0 Å². The second-order valence-electron chi connectivity index (χ2n) is 3.66. The number of fused-ring (bicyclic) bond motifs is 1. The zero-order valence-corrected chi connectivity index (χ0v) is 8.67. The molecule has 0 atom stereocenters. The Bertz CT molecular complexity index is 618. The summed E-state index contributed by atoms with van der Waals surface area (Å²) in [5.74, 6) is 0. The zero-order chi connectivity index (χ0) is 10.8. The van der Waals surface area contributed by atoms with E-state index in [9.17, 15) is 0 Å². The van der Waals surface area contributed by atoms with Gasteiger partial charge in [0.05, 0.1) is 5.69 Å². The minimum absolute atomic E-state index is 0.959. The van der Waals surface area contributed by atoms with Crippen LogP contribution >= 0.6 is 0 Å². The second-order valence-corrected chi connectivity index (χ2v) is 3.66. The Morgan fingerprint density at radius 1 is 0.812 bits per heavy atom. The van der Waals surface area contributed by atoms with Crippen molar-refractivity contribution in [3.63, 3.8) is 0 Å². The fourth-order valence-corrected chi connectivity index (χ4v) is 1.81. The molecule has 16 heavy (non-hydrogen) atoms. The lowest BCUT2D eigenvalue weighted by atomic mass is 10.1. The number of benzene rings is 2. The predicted molar refractivity (Wildman–Crippen MR) is 65.0 cm³/mol. The zero-order valence-electron chi connectivity index (χ0n) is 8.67. The Labute approximate surface area is 93.6 Å². The number of aromatic nitrogens is 2. The molecular formula is C14H10N2. The van der Waals surface area contributed by atoms with Gasteiger partial charge in [-0.25, -0.2) is 9.97 Å². The highest BCUT2D eigenvalue weighted by Crippen LogP contribution is 2.22. The Morgan fingerprint density at radius 3 is 2.50 bits per heavy atom. The molecule has 2 nitrogen and oxygen atoms in total. The average Bonchev–Trinajstić information content (AvgIpc) is 2.39. The topological polar surface area (TPSA) is 25.8 Å². The van der Waals surface area contributed by atoms with Crippen LogP contribution < -0.4 is 0 Å². The van der Waals surface area contributed by atoms with Crippen molar-refractivity contribution < 1.29 is 0 Å². The van der Waals surface area contributed by atoms with Crippen molar-refractivity contribution in [1.82, 2.24) is 9.97 Å². The fourth-order valence-electron chi connectivity index (χ4n) is 1.81. The molecule has 0 aliphatic heterocycles. The van der Waals surface area contributed by atoms with Gasteiger partial charge in [0.1, 0.15) is 6.33 Å². The molecule has 3 rings (SSSR count). The van der Waals surface area contributed by atoms with Crippen LogP contribution in [-0.4, -0.2) is 9.97 Å². The van der Waals surface area contributed by atoms with Crippen LogP contribution in [0, 0.1) is 0 Å². The van der Waals surface area contributed by atoms with Gasteiger partial charge >= 0.3 is 0 Å². The van der Waals surface area contributed by atoms with Crippen LogP contribution in [0.3, 0.4) is 0 Å². The maximum atomic E-state index is 4.24.